The largest absolute Gasteiger partial charge is 0.493 e. The number of nitrogens with zero attached hydrogens (tertiary/aromatic N) is 1. The van der Waals surface area contributed by atoms with E-state index in [1.54, 1.807) is 14.2 Å². The van der Waals surface area contributed by atoms with Gasteiger partial charge in [0.2, 0.25) is 0 Å². The third kappa shape index (κ3) is 5.42. The Hall–Kier alpha value is -0.680. The van der Waals surface area contributed by atoms with E-state index in [-0.39, 0.29) is 12.4 Å². The van der Waals surface area contributed by atoms with Gasteiger partial charge in [-0.05, 0) is 56.6 Å². The zero-order valence-electron chi connectivity index (χ0n) is 14.2. The molecule has 0 saturated carbocycles. The molecule has 0 bridgehead atoms. The third-order valence-corrected chi connectivity index (χ3v) is 4.76. The predicted octanol–water partition coefficient (Wildman–Crippen LogP) is 3.60. The van der Waals surface area contributed by atoms with E-state index >= 15 is 0 Å². The van der Waals surface area contributed by atoms with Crippen molar-refractivity contribution in [3.63, 3.8) is 0 Å². The summed E-state index contributed by atoms with van der Waals surface area (Å²) in [6, 6.07) is 3.96. The van der Waals surface area contributed by atoms with E-state index in [9.17, 15) is 0 Å². The summed E-state index contributed by atoms with van der Waals surface area (Å²) in [6.45, 7) is 7.48. The first-order valence-electron chi connectivity index (χ1n) is 8.02. The average molecular weight is 363 g/mol. The van der Waals surface area contributed by atoms with E-state index in [1.165, 1.54) is 12.8 Å². The Balaban J connectivity index is 0.00000264. The van der Waals surface area contributed by atoms with Crippen molar-refractivity contribution in [2.45, 2.75) is 26.3 Å². The summed E-state index contributed by atoms with van der Waals surface area (Å²) in [5.74, 6) is 2.11. The van der Waals surface area contributed by atoms with Gasteiger partial charge >= 0.3 is 0 Å². The molecule has 6 heteroatoms. The number of methoxy groups -OCH3 is 2. The maximum Gasteiger partial charge on any atom is 0.179 e. The molecule has 1 aromatic carbocycles. The number of rotatable bonds is 7. The number of benzene rings is 1. The zero-order chi connectivity index (χ0) is 15.9. The van der Waals surface area contributed by atoms with Crippen molar-refractivity contribution >= 4 is 24.0 Å². The van der Waals surface area contributed by atoms with Gasteiger partial charge < -0.3 is 14.8 Å². The maximum atomic E-state index is 6.47. The van der Waals surface area contributed by atoms with E-state index in [4.69, 9.17) is 21.1 Å². The van der Waals surface area contributed by atoms with Gasteiger partial charge in [-0.15, -0.1) is 12.4 Å². The lowest BCUT2D eigenvalue weighted by Crippen LogP contribution is -2.36. The van der Waals surface area contributed by atoms with Crippen molar-refractivity contribution in [2.24, 2.45) is 5.92 Å². The number of likely N-dealkylation sites (tertiary alicyclic amines) is 1. The van der Waals surface area contributed by atoms with Crippen molar-refractivity contribution in [1.29, 1.82) is 0 Å². The first kappa shape index (κ1) is 20.4. The first-order chi connectivity index (χ1) is 10.7. The van der Waals surface area contributed by atoms with Gasteiger partial charge in [0.1, 0.15) is 0 Å². The van der Waals surface area contributed by atoms with Gasteiger partial charge in [0.05, 0.1) is 19.2 Å². The molecule has 2 rings (SSSR count). The SMILES string of the molecule is CCNCC1CCN(Cc2ccc(OC)c(OC)c2Cl)CC1.Cl. The highest BCUT2D eigenvalue weighted by Crippen LogP contribution is 2.38. The number of piperidine rings is 1. The minimum atomic E-state index is 0. The van der Waals surface area contributed by atoms with Crippen LogP contribution < -0.4 is 14.8 Å². The number of nitrogens with one attached hydrogen (secondary N) is 1. The molecule has 132 valence electrons. The van der Waals surface area contributed by atoms with Crippen LogP contribution in [0.25, 0.3) is 0 Å². The Morgan fingerprint density at radius 1 is 1.22 bits per heavy atom. The Labute approximate surface area is 150 Å². The molecule has 1 aliphatic rings. The van der Waals surface area contributed by atoms with Crippen LogP contribution in [0.15, 0.2) is 12.1 Å². The molecule has 23 heavy (non-hydrogen) atoms. The average Bonchev–Trinajstić information content (AvgIpc) is 2.55. The van der Waals surface area contributed by atoms with Crippen molar-refractivity contribution in [1.82, 2.24) is 10.2 Å². The van der Waals surface area contributed by atoms with Gasteiger partial charge in [-0.25, -0.2) is 0 Å². The molecule has 1 aliphatic heterocycles. The molecule has 0 unspecified atom stereocenters. The van der Waals surface area contributed by atoms with Crippen LogP contribution in [0, 0.1) is 5.92 Å². The van der Waals surface area contributed by atoms with Crippen LogP contribution >= 0.6 is 24.0 Å². The lowest BCUT2D eigenvalue weighted by molar-refractivity contribution is 0.175. The number of hydrogen-bond acceptors (Lipinski definition) is 4. The second-order valence-corrected chi connectivity index (χ2v) is 6.18. The quantitative estimate of drug-likeness (QED) is 0.803. The van der Waals surface area contributed by atoms with Gasteiger partial charge in [-0.1, -0.05) is 24.6 Å². The summed E-state index contributed by atoms with van der Waals surface area (Å²) in [6.07, 6.45) is 2.50. The molecule has 0 aromatic heterocycles. The zero-order valence-corrected chi connectivity index (χ0v) is 15.8. The van der Waals surface area contributed by atoms with E-state index < -0.39 is 0 Å². The normalized spacial score (nSPS) is 16.0. The molecule has 1 saturated heterocycles. The van der Waals surface area contributed by atoms with Gasteiger partial charge in [0.15, 0.2) is 11.5 Å². The van der Waals surface area contributed by atoms with Crippen LogP contribution in [-0.2, 0) is 6.54 Å². The molecule has 1 aromatic rings. The van der Waals surface area contributed by atoms with Crippen molar-refractivity contribution in [3.05, 3.63) is 22.7 Å². The van der Waals surface area contributed by atoms with Crippen LogP contribution in [0.1, 0.15) is 25.3 Å². The van der Waals surface area contributed by atoms with Gasteiger partial charge in [-0.2, -0.15) is 0 Å². The molecule has 0 amide bonds. The van der Waals surface area contributed by atoms with Gasteiger partial charge in [0, 0.05) is 6.54 Å². The van der Waals surface area contributed by atoms with E-state index in [0.717, 1.165) is 44.2 Å². The Morgan fingerprint density at radius 2 is 1.91 bits per heavy atom. The molecule has 1 fully saturated rings. The number of halogens is 2. The van der Waals surface area contributed by atoms with Crippen molar-refractivity contribution < 1.29 is 9.47 Å². The lowest BCUT2D eigenvalue weighted by Gasteiger charge is -2.32. The van der Waals surface area contributed by atoms with Crippen LogP contribution in [0.5, 0.6) is 11.5 Å². The topological polar surface area (TPSA) is 33.7 Å². The first-order valence-corrected chi connectivity index (χ1v) is 8.39. The van der Waals surface area contributed by atoms with Crippen LogP contribution in [0.4, 0.5) is 0 Å². The number of hydrogen-bond donors (Lipinski definition) is 1. The fraction of sp³-hybridized carbons (Fsp3) is 0.647. The fourth-order valence-corrected chi connectivity index (χ4v) is 3.28. The monoisotopic (exact) mass is 362 g/mol. The third-order valence-electron chi connectivity index (χ3n) is 4.35. The standard InChI is InChI=1S/C17H27ClN2O2.ClH/c1-4-19-11-13-7-9-20(10-8-13)12-14-5-6-15(21-2)17(22-3)16(14)18;/h5-6,13,19H,4,7-12H2,1-3H3;1H. The maximum absolute atomic E-state index is 6.47. The second-order valence-electron chi connectivity index (χ2n) is 5.80. The van der Waals surface area contributed by atoms with E-state index in [1.807, 2.05) is 12.1 Å². The number of ether oxygens (including phenoxy) is 2. The fourth-order valence-electron chi connectivity index (χ4n) is 2.99. The Bertz CT molecular complexity index is 478. The molecule has 1 heterocycles. The molecule has 0 atom stereocenters. The molecular formula is C17H28Cl2N2O2. The molecule has 1 N–H and O–H groups in total. The summed E-state index contributed by atoms with van der Waals surface area (Å²) in [5, 5.41) is 4.11. The summed E-state index contributed by atoms with van der Waals surface area (Å²) < 4.78 is 10.7. The Kier molecular flexibility index (Phi) is 9.07. The predicted molar refractivity (Wildman–Crippen MR) is 98.3 cm³/mol. The summed E-state index contributed by atoms with van der Waals surface area (Å²) in [7, 11) is 3.25. The summed E-state index contributed by atoms with van der Waals surface area (Å²) in [4.78, 5) is 2.47. The smallest absolute Gasteiger partial charge is 0.179 e. The summed E-state index contributed by atoms with van der Waals surface area (Å²) >= 11 is 6.47. The van der Waals surface area contributed by atoms with Crippen molar-refractivity contribution in [2.75, 3.05) is 40.4 Å². The Morgan fingerprint density at radius 3 is 2.48 bits per heavy atom. The molecular weight excluding hydrogens is 335 g/mol. The minimum absolute atomic E-state index is 0. The second kappa shape index (κ2) is 10.2. The highest BCUT2D eigenvalue weighted by Gasteiger charge is 2.21. The van der Waals surface area contributed by atoms with Crippen molar-refractivity contribution in [3.8, 4) is 11.5 Å². The minimum Gasteiger partial charge on any atom is -0.493 e. The van der Waals surface area contributed by atoms with E-state index in [2.05, 4.69) is 17.1 Å². The molecule has 4 nitrogen and oxygen atoms in total. The van der Waals surface area contributed by atoms with Crippen LogP contribution in [0.3, 0.4) is 0 Å². The molecule has 0 aliphatic carbocycles. The van der Waals surface area contributed by atoms with Crippen LogP contribution in [0.2, 0.25) is 5.02 Å². The summed E-state index contributed by atoms with van der Waals surface area (Å²) in [5.41, 5.74) is 1.10. The van der Waals surface area contributed by atoms with Crippen LogP contribution in [-0.4, -0.2) is 45.3 Å². The van der Waals surface area contributed by atoms with E-state index in [0.29, 0.717) is 16.5 Å². The molecule has 0 radical (unpaired) electrons. The highest BCUT2D eigenvalue weighted by atomic mass is 35.5. The van der Waals surface area contributed by atoms with Gasteiger partial charge in [0.25, 0.3) is 0 Å². The highest BCUT2D eigenvalue weighted by molar-refractivity contribution is 6.33. The molecule has 0 spiro atoms. The lowest BCUT2D eigenvalue weighted by atomic mass is 9.96. The van der Waals surface area contributed by atoms with Gasteiger partial charge in [-0.3, -0.25) is 4.90 Å².